The smallest absolute Gasteiger partial charge is 0.281 e. The van der Waals surface area contributed by atoms with E-state index in [1.165, 1.54) is 22.7 Å². The minimum atomic E-state index is -3.90. The van der Waals surface area contributed by atoms with Crippen molar-refractivity contribution >= 4 is 196 Å². The predicted octanol–water partition coefficient (Wildman–Crippen LogP) is 22.8. The summed E-state index contributed by atoms with van der Waals surface area (Å²) in [6.45, 7) is 9.53. The van der Waals surface area contributed by atoms with Crippen LogP contribution in [0.4, 0.5) is 0 Å². The Morgan fingerprint density at radius 1 is 0.366 bits per heavy atom. The number of carbonyl (C=O) groups is 4. The van der Waals surface area contributed by atoms with Crippen LogP contribution in [0.15, 0.2) is 255 Å². The van der Waals surface area contributed by atoms with Crippen molar-refractivity contribution < 1.29 is 71.8 Å². The second-order valence-corrected chi connectivity index (χ2v) is 43.3. The topological polar surface area (TPSA) is 321 Å². The molecular weight excluding hydrogens is 1900 g/mol. The first kappa shape index (κ1) is 98.2. The van der Waals surface area contributed by atoms with Crippen molar-refractivity contribution in [3.8, 4) is 23.0 Å². The van der Waals surface area contributed by atoms with Gasteiger partial charge < -0.3 is 28.9 Å². The SMILES string of the molecule is CS(=O)(=O)NC(=O)c1sc2ccccc2c1CCCOc1cccc2ccccc12.Cc1cc(OCCCc2c(C(=O)NS(=O)(=O)C3CC3)[nH]c3cc(Cl)ccc23)cc(C)c1Cl.Cc1cc(OCCCc2c(C(=O)NS(=O)(=O)Cc3ccccc3)[nH]c3cc(Cl)ccc23)cc(C)c1Cl.O=C(NS(=O)(=O)Cc1ccccc1)c1sc2ccccc2c1CCCOc1cccc2ccccc12. The fraction of sp³-hybridized carbons (Fsp3) is 0.216. The Labute approximate surface area is 806 Å². The van der Waals surface area contributed by atoms with E-state index in [4.69, 9.17) is 65.4 Å². The molecule has 0 unspecified atom stereocenters. The van der Waals surface area contributed by atoms with E-state index in [0.717, 1.165) is 131 Å². The van der Waals surface area contributed by atoms with Crippen LogP contribution in [0.2, 0.25) is 20.1 Å². The molecule has 134 heavy (non-hydrogen) atoms. The van der Waals surface area contributed by atoms with Crippen LogP contribution in [0, 0.1) is 27.7 Å². The number of benzene rings is 12. The van der Waals surface area contributed by atoms with Gasteiger partial charge in [0.05, 0.1) is 59.2 Å². The number of aryl methyl sites for hydroxylation is 8. The number of amides is 4. The third kappa shape index (κ3) is 25.8. The van der Waals surface area contributed by atoms with Crippen molar-refractivity contribution in [1.82, 2.24) is 28.9 Å². The van der Waals surface area contributed by atoms with E-state index < -0.39 is 69.0 Å². The quantitative estimate of drug-likeness (QED) is 0.0208. The van der Waals surface area contributed by atoms with E-state index in [1.54, 1.807) is 78.9 Å². The standard InChI is InChI=1S/C29H25NO4S2.C27H26Cl2N2O4S.C23H24Cl2N2O4S.C23H21NO4S2/c31-29(30-36(32,33)20-21-10-2-1-3-11-21)28-25(24-15-6-7-18-27(24)35-28)16-9-19-34-26-17-8-13-22-12-4-5-14-23(22)26;1-17-13-21(14-18(2)25(17)29)35-12-6-9-23-22-11-10-20(28)15-24(22)30-26(23)27(32)31-36(33,34)16-19-7-4-3-5-8-19;1-13-10-16(11-14(2)21(13)25)31-9-3-4-19-18-8-5-15(24)12-20(18)26-22(19)23(28)27-32(29,30)17-6-7-17;1-30(26,27)24-23(25)22-19(18-11-4-5-14-21(18)29-22)12-7-15-28-20-13-6-9-16-8-2-3-10-17(16)20/h1-8,10-15,17-18H,9,16,19-20H2,(H,30,31);3-5,7-8,10-11,13-15,30H,6,9,12,16H2,1-2H3,(H,31,32);5,8,10-12,17,26H,3-4,6-7,9H2,1-2H3,(H,27,28);2-6,8-11,13-14H,7,12,15H2,1H3,(H,24,25). The summed E-state index contributed by atoms with van der Waals surface area (Å²) in [7, 11) is -15.0. The molecule has 12 aromatic carbocycles. The number of hydrogen-bond acceptors (Lipinski definition) is 18. The fourth-order valence-electron chi connectivity index (χ4n) is 15.7. The number of ether oxygens (including phenoxy) is 4. The van der Waals surface area contributed by atoms with E-state index in [-0.39, 0.29) is 22.9 Å². The Kier molecular flexibility index (Phi) is 32.3. The molecular formula is C102H96Cl4N6O16S6. The molecule has 0 bridgehead atoms. The van der Waals surface area contributed by atoms with Crippen molar-refractivity contribution in [3.05, 3.63) is 352 Å². The van der Waals surface area contributed by atoms with Crippen LogP contribution >= 0.6 is 69.1 Å². The molecule has 4 amide bonds. The molecule has 4 aromatic heterocycles. The number of aromatic amines is 2. The molecule has 0 radical (unpaired) electrons. The summed E-state index contributed by atoms with van der Waals surface area (Å²) in [6.07, 6.45) is 6.99. The number of hydrogen-bond donors (Lipinski definition) is 6. The Balaban J connectivity index is 0.000000144. The van der Waals surface area contributed by atoms with E-state index in [0.29, 0.717) is 138 Å². The van der Waals surface area contributed by atoms with Crippen molar-refractivity contribution in [1.29, 1.82) is 0 Å². The highest BCUT2D eigenvalue weighted by Gasteiger charge is 2.38. The minimum absolute atomic E-state index is 0.196. The van der Waals surface area contributed by atoms with Gasteiger partial charge in [-0.3, -0.25) is 19.2 Å². The van der Waals surface area contributed by atoms with Gasteiger partial charge >= 0.3 is 0 Å². The summed E-state index contributed by atoms with van der Waals surface area (Å²) in [5, 5.41) is 9.97. The highest BCUT2D eigenvalue weighted by molar-refractivity contribution is 7.91. The lowest BCUT2D eigenvalue weighted by Crippen LogP contribution is -2.34. The van der Waals surface area contributed by atoms with Gasteiger partial charge in [0.1, 0.15) is 34.4 Å². The maximum absolute atomic E-state index is 13.1. The summed E-state index contributed by atoms with van der Waals surface area (Å²) < 4.78 is 133. The van der Waals surface area contributed by atoms with Gasteiger partial charge in [0, 0.05) is 62.1 Å². The molecule has 6 N–H and O–H groups in total. The highest BCUT2D eigenvalue weighted by atomic mass is 35.5. The average molecular weight is 2000 g/mol. The normalized spacial score (nSPS) is 12.2. The molecule has 0 spiro atoms. The molecule has 4 heterocycles. The van der Waals surface area contributed by atoms with Crippen LogP contribution in [0.1, 0.15) is 134 Å². The Hall–Kier alpha value is -11.8. The lowest BCUT2D eigenvalue weighted by molar-refractivity contribution is 0.0967. The zero-order valence-electron chi connectivity index (χ0n) is 73.6. The van der Waals surface area contributed by atoms with Crippen molar-refractivity contribution in [2.75, 3.05) is 32.7 Å². The Morgan fingerprint density at radius 3 is 1.11 bits per heavy atom. The number of halogens is 4. The Morgan fingerprint density at radius 2 is 0.709 bits per heavy atom. The summed E-state index contributed by atoms with van der Waals surface area (Å²) in [5.41, 5.74) is 9.94. The predicted molar refractivity (Wildman–Crippen MR) is 540 cm³/mol. The van der Waals surface area contributed by atoms with Gasteiger partial charge in [-0.25, -0.2) is 52.6 Å². The number of fused-ring (bicyclic) bond motifs is 6. The molecule has 32 heteroatoms. The zero-order valence-corrected chi connectivity index (χ0v) is 81.6. The maximum Gasteiger partial charge on any atom is 0.281 e. The van der Waals surface area contributed by atoms with Crippen LogP contribution in [0.25, 0.3) is 63.5 Å². The van der Waals surface area contributed by atoms with Crippen LogP contribution < -0.4 is 37.8 Å². The van der Waals surface area contributed by atoms with Gasteiger partial charge in [0.2, 0.25) is 40.1 Å². The second kappa shape index (κ2) is 44.1. The summed E-state index contributed by atoms with van der Waals surface area (Å²) >= 11 is 27.3. The van der Waals surface area contributed by atoms with Gasteiger partial charge in [-0.2, -0.15) is 0 Å². The first-order chi connectivity index (χ1) is 64.2. The van der Waals surface area contributed by atoms with Crippen molar-refractivity contribution in [2.24, 2.45) is 0 Å². The largest absolute Gasteiger partial charge is 0.494 e. The molecule has 0 atom stereocenters. The molecule has 1 fully saturated rings. The van der Waals surface area contributed by atoms with Crippen LogP contribution in [0.3, 0.4) is 0 Å². The maximum atomic E-state index is 13.1. The molecule has 0 saturated heterocycles. The van der Waals surface area contributed by atoms with Crippen molar-refractivity contribution in [2.45, 2.75) is 109 Å². The number of rotatable bonds is 33. The molecule has 1 aliphatic carbocycles. The van der Waals surface area contributed by atoms with E-state index in [9.17, 15) is 52.8 Å². The fourth-order valence-corrected chi connectivity index (χ4v) is 22.6. The van der Waals surface area contributed by atoms with Crippen LogP contribution in [-0.2, 0) is 77.3 Å². The van der Waals surface area contributed by atoms with Gasteiger partial charge in [0.15, 0.2) is 0 Å². The van der Waals surface area contributed by atoms with E-state index in [2.05, 4.69) is 41.0 Å². The van der Waals surface area contributed by atoms with Gasteiger partial charge in [0.25, 0.3) is 23.6 Å². The average Bonchev–Trinajstić information content (AvgIpc) is 1.65. The first-order valence-electron chi connectivity index (χ1n) is 43.1. The van der Waals surface area contributed by atoms with Crippen LogP contribution in [-0.4, -0.2) is 105 Å². The summed E-state index contributed by atoms with van der Waals surface area (Å²) in [5.74, 6) is 0.0520. The Bertz CT molecular complexity index is 7480. The third-order valence-corrected chi connectivity index (χ3v) is 30.9. The van der Waals surface area contributed by atoms with Crippen LogP contribution in [0.5, 0.6) is 23.0 Å². The third-order valence-electron chi connectivity index (χ3n) is 22.0. The molecule has 16 aromatic rings. The number of H-pyrrole nitrogens is 2. The highest BCUT2D eigenvalue weighted by Crippen LogP contribution is 2.38. The summed E-state index contributed by atoms with van der Waals surface area (Å²) in [4.78, 5) is 58.6. The second-order valence-electron chi connectivity index (χ2n) is 32.4. The molecule has 0 aliphatic heterocycles. The lowest BCUT2D eigenvalue weighted by atomic mass is 10.1. The van der Waals surface area contributed by atoms with Gasteiger partial charge in [-0.1, -0.05) is 228 Å². The first-order valence-corrected chi connectivity index (χ1v) is 53.0. The minimum Gasteiger partial charge on any atom is -0.494 e. The number of thiophene rings is 2. The lowest BCUT2D eigenvalue weighted by Gasteiger charge is -2.11. The number of sulfonamides is 4. The zero-order chi connectivity index (χ0) is 95.0. The monoisotopic (exact) mass is 1990 g/mol. The molecule has 22 nitrogen and oxygen atoms in total. The molecule has 694 valence electrons. The summed E-state index contributed by atoms with van der Waals surface area (Å²) in [6, 6.07) is 79.3. The molecule has 1 saturated carbocycles. The number of aromatic nitrogens is 2. The van der Waals surface area contributed by atoms with E-state index >= 15 is 0 Å². The van der Waals surface area contributed by atoms with Gasteiger partial charge in [-0.15, -0.1) is 22.7 Å². The molecule has 1 aliphatic rings. The number of carbonyl (C=O) groups excluding carboxylic acids is 4. The number of nitrogens with one attached hydrogen (secondary N) is 6. The van der Waals surface area contributed by atoms with E-state index in [1.807, 2.05) is 191 Å². The van der Waals surface area contributed by atoms with Gasteiger partial charge in [-0.05, 0) is 242 Å². The molecule has 17 rings (SSSR count). The van der Waals surface area contributed by atoms with Crippen molar-refractivity contribution in [3.63, 3.8) is 0 Å².